The molecule has 0 aliphatic rings. The molecule has 11 heavy (non-hydrogen) atoms. The minimum atomic E-state index is 0.405. The van der Waals surface area contributed by atoms with Crippen LogP contribution in [0.4, 0.5) is 4.48 Å². The number of fused-ring (bicyclic) bond motifs is 1. The first-order valence-electron chi connectivity index (χ1n) is 3.31. The predicted molar refractivity (Wildman–Crippen MR) is 39.8 cm³/mol. The minimum absolute atomic E-state index is 0.405. The maximum atomic E-state index is 12.7. The van der Waals surface area contributed by atoms with Crippen LogP contribution >= 0.6 is 0 Å². The lowest BCUT2D eigenvalue weighted by Gasteiger charge is -1.91. The van der Waals surface area contributed by atoms with E-state index in [-0.39, 0.29) is 0 Å². The van der Waals surface area contributed by atoms with Gasteiger partial charge in [-0.25, -0.2) is 4.98 Å². The van der Waals surface area contributed by atoms with E-state index in [0.717, 1.165) is 5.56 Å². The van der Waals surface area contributed by atoms with Gasteiger partial charge < -0.3 is 0 Å². The molecule has 0 saturated heterocycles. The number of para-hydroxylation sites is 1. The standard InChI is InChI=1S/C8H6FN2/c1-6-3-2-4-7-8(6)10-5-11(7)9/h2-4H,1H3. The summed E-state index contributed by atoms with van der Waals surface area (Å²) in [7, 11) is 0. The average molecular weight is 149 g/mol. The number of aryl methyl sites for hydroxylation is 1. The Labute approximate surface area is 63.2 Å². The molecule has 0 fully saturated rings. The molecular weight excluding hydrogens is 143 g/mol. The average Bonchev–Trinajstić information content (AvgIpc) is 2.35. The highest BCUT2D eigenvalue weighted by molar-refractivity contribution is 5.78. The largest absolute Gasteiger partial charge is 0.223 e. The Bertz CT molecular complexity index is 392. The van der Waals surface area contributed by atoms with Crippen molar-refractivity contribution in [3.05, 3.63) is 30.1 Å². The van der Waals surface area contributed by atoms with Gasteiger partial charge in [0.15, 0.2) is 0 Å². The quantitative estimate of drug-likeness (QED) is 0.559. The van der Waals surface area contributed by atoms with Crippen molar-refractivity contribution in [2.75, 3.05) is 0 Å². The first-order valence-corrected chi connectivity index (χ1v) is 3.31. The second-order valence-electron chi connectivity index (χ2n) is 2.44. The fraction of sp³-hybridized carbons (Fsp3) is 0.125. The highest BCUT2D eigenvalue weighted by Gasteiger charge is 2.02. The summed E-state index contributed by atoms with van der Waals surface area (Å²) in [6.07, 6.45) is 2.22. The molecule has 0 aliphatic heterocycles. The van der Waals surface area contributed by atoms with Crippen LogP contribution in [0.2, 0.25) is 0 Å². The van der Waals surface area contributed by atoms with Crippen molar-refractivity contribution in [1.82, 2.24) is 9.77 Å². The second kappa shape index (κ2) is 2.05. The highest BCUT2D eigenvalue weighted by Crippen LogP contribution is 2.15. The number of benzene rings is 1. The Morgan fingerprint density at radius 3 is 3.09 bits per heavy atom. The van der Waals surface area contributed by atoms with Gasteiger partial charge in [-0.2, -0.15) is 4.79 Å². The molecule has 1 heterocycles. The first-order chi connectivity index (χ1) is 5.29. The first kappa shape index (κ1) is 6.34. The molecule has 3 heteroatoms. The van der Waals surface area contributed by atoms with Crippen LogP contribution in [0.25, 0.3) is 11.0 Å². The van der Waals surface area contributed by atoms with Crippen LogP contribution in [0, 0.1) is 13.3 Å². The van der Waals surface area contributed by atoms with Gasteiger partial charge in [0.05, 0.1) is 5.52 Å². The van der Waals surface area contributed by atoms with Crippen molar-refractivity contribution in [2.45, 2.75) is 6.92 Å². The minimum Gasteiger partial charge on any atom is -0.223 e. The summed E-state index contributed by atoms with van der Waals surface area (Å²) in [5.41, 5.74) is 2.12. The van der Waals surface area contributed by atoms with Crippen molar-refractivity contribution in [2.24, 2.45) is 0 Å². The van der Waals surface area contributed by atoms with Gasteiger partial charge in [-0.1, -0.05) is 16.6 Å². The van der Waals surface area contributed by atoms with Gasteiger partial charge in [-0.15, -0.1) is 0 Å². The van der Waals surface area contributed by atoms with E-state index in [2.05, 4.69) is 11.3 Å². The highest BCUT2D eigenvalue weighted by atomic mass is 19.2. The monoisotopic (exact) mass is 149 g/mol. The van der Waals surface area contributed by atoms with Crippen LogP contribution in [0.15, 0.2) is 18.2 Å². The van der Waals surface area contributed by atoms with Crippen LogP contribution in [0.5, 0.6) is 0 Å². The molecule has 0 saturated carbocycles. The van der Waals surface area contributed by atoms with E-state index in [0.29, 0.717) is 15.8 Å². The number of rotatable bonds is 0. The Morgan fingerprint density at radius 2 is 2.36 bits per heavy atom. The van der Waals surface area contributed by atoms with Gasteiger partial charge in [-0.3, -0.25) is 0 Å². The van der Waals surface area contributed by atoms with Crippen LogP contribution in [0.3, 0.4) is 0 Å². The molecule has 0 bridgehead atoms. The lowest BCUT2D eigenvalue weighted by molar-refractivity contribution is 0.381. The number of aromatic nitrogens is 2. The molecule has 0 atom stereocenters. The molecule has 1 radical (unpaired) electrons. The Kier molecular flexibility index (Phi) is 1.18. The smallest absolute Gasteiger partial charge is 0.209 e. The number of halogens is 1. The third-order valence-corrected chi connectivity index (χ3v) is 1.68. The molecule has 0 amide bonds. The van der Waals surface area contributed by atoms with E-state index >= 15 is 0 Å². The number of hydrogen-bond donors (Lipinski definition) is 0. The number of nitrogens with zero attached hydrogens (tertiary/aromatic N) is 2. The molecule has 0 unspecified atom stereocenters. The summed E-state index contributed by atoms with van der Waals surface area (Å²) in [5, 5.41) is 0. The zero-order chi connectivity index (χ0) is 7.84. The maximum Gasteiger partial charge on any atom is 0.209 e. The Morgan fingerprint density at radius 1 is 1.55 bits per heavy atom. The van der Waals surface area contributed by atoms with Gasteiger partial charge in [0.25, 0.3) is 0 Å². The molecule has 1 aromatic heterocycles. The molecule has 0 N–H and O–H groups in total. The lowest BCUT2D eigenvalue weighted by Crippen LogP contribution is -1.78. The molecule has 2 rings (SSSR count). The third kappa shape index (κ3) is 0.808. The summed E-state index contributed by atoms with van der Waals surface area (Å²) in [5.74, 6) is 0. The van der Waals surface area contributed by atoms with Crippen molar-refractivity contribution >= 4 is 11.0 Å². The van der Waals surface area contributed by atoms with Crippen LogP contribution < -0.4 is 0 Å². The van der Waals surface area contributed by atoms with E-state index in [1.165, 1.54) is 0 Å². The number of imidazole rings is 1. The Balaban J connectivity index is 2.94. The molecule has 2 nitrogen and oxygen atoms in total. The zero-order valence-corrected chi connectivity index (χ0v) is 6.00. The molecule has 55 valence electrons. The molecule has 1 aromatic carbocycles. The van der Waals surface area contributed by atoms with Crippen molar-refractivity contribution in [1.29, 1.82) is 0 Å². The van der Waals surface area contributed by atoms with Crippen LogP contribution in [-0.4, -0.2) is 9.77 Å². The van der Waals surface area contributed by atoms with E-state index in [9.17, 15) is 4.48 Å². The van der Waals surface area contributed by atoms with Crippen molar-refractivity contribution in [3.8, 4) is 0 Å². The molecule has 0 spiro atoms. The Hall–Kier alpha value is -1.38. The van der Waals surface area contributed by atoms with E-state index < -0.39 is 0 Å². The van der Waals surface area contributed by atoms with Gasteiger partial charge >= 0.3 is 0 Å². The summed E-state index contributed by atoms with van der Waals surface area (Å²) >= 11 is 0. The fourth-order valence-corrected chi connectivity index (χ4v) is 1.10. The van der Waals surface area contributed by atoms with E-state index in [1.807, 2.05) is 13.0 Å². The summed E-state index contributed by atoms with van der Waals surface area (Å²) < 4.78 is 12.7. The van der Waals surface area contributed by atoms with E-state index in [4.69, 9.17) is 0 Å². The molecule has 0 aliphatic carbocycles. The second-order valence-corrected chi connectivity index (χ2v) is 2.44. The van der Waals surface area contributed by atoms with Gasteiger partial charge in [0.2, 0.25) is 6.33 Å². The topological polar surface area (TPSA) is 17.8 Å². The van der Waals surface area contributed by atoms with Crippen molar-refractivity contribution in [3.63, 3.8) is 0 Å². The van der Waals surface area contributed by atoms with Gasteiger partial charge in [0.1, 0.15) is 5.52 Å². The predicted octanol–water partition coefficient (Wildman–Crippen LogP) is 1.88. The lowest BCUT2D eigenvalue weighted by atomic mass is 10.2. The molecular formula is C8H6FN2. The molecule has 2 aromatic rings. The summed E-state index contributed by atoms with van der Waals surface area (Å²) in [6, 6.07) is 5.36. The summed E-state index contributed by atoms with van der Waals surface area (Å²) in [6.45, 7) is 1.89. The van der Waals surface area contributed by atoms with Crippen molar-refractivity contribution < 1.29 is 4.48 Å². The van der Waals surface area contributed by atoms with Gasteiger partial charge in [0, 0.05) is 0 Å². The SMILES string of the molecule is Cc1cccc2c1n[c]n2F. The summed E-state index contributed by atoms with van der Waals surface area (Å²) in [4.78, 5) is 4.19. The fourth-order valence-electron chi connectivity index (χ4n) is 1.10. The van der Waals surface area contributed by atoms with Gasteiger partial charge in [-0.05, 0) is 18.6 Å². The zero-order valence-electron chi connectivity index (χ0n) is 6.00. The van der Waals surface area contributed by atoms with E-state index in [1.54, 1.807) is 12.1 Å². The third-order valence-electron chi connectivity index (χ3n) is 1.68. The maximum absolute atomic E-state index is 12.7. The van der Waals surface area contributed by atoms with Crippen LogP contribution in [-0.2, 0) is 0 Å². The van der Waals surface area contributed by atoms with Crippen LogP contribution in [0.1, 0.15) is 5.56 Å². The number of hydrogen-bond acceptors (Lipinski definition) is 1. The normalized spacial score (nSPS) is 10.7.